The maximum absolute atomic E-state index is 10.6. The maximum atomic E-state index is 10.6. The second kappa shape index (κ2) is 7.31. The number of hydrogen-bond donors (Lipinski definition) is 1. The second-order valence-corrected chi connectivity index (χ2v) is 12.3. The molecule has 0 radical (unpaired) electrons. The Morgan fingerprint density at radius 2 is 1.95 bits per heavy atom. The molecule has 1 unspecified atom stereocenters. The third kappa shape index (κ3) is 5.48. The van der Waals surface area contributed by atoms with Crippen molar-refractivity contribution >= 4 is 14.3 Å². The van der Waals surface area contributed by atoms with Crippen LogP contribution in [0.5, 0.6) is 5.75 Å². The summed E-state index contributed by atoms with van der Waals surface area (Å²) in [6, 6.07) is 8.27. The Morgan fingerprint density at radius 3 is 2.50 bits per heavy atom. The van der Waals surface area contributed by atoms with Gasteiger partial charge in [-0.05, 0) is 54.6 Å². The summed E-state index contributed by atoms with van der Waals surface area (Å²) >= 11 is 0. The molecule has 0 spiro atoms. The molecule has 3 nitrogen and oxygen atoms in total. The van der Waals surface area contributed by atoms with Crippen LogP contribution in [-0.4, -0.2) is 19.4 Å². The molecule has 0 amide bonds. The lowest BCUT2D eigenvalue weighted by Crippen LogP contribution is -2.43. The molecule has 0 bridgehead atoms. The van der Waals surface area contributed by atoms with Gasteiger partial charge in [0.2, 0.25) is 8.32 Å². The molecule has 0 aliphatic carbocycles. The van der Waals surface area contributed by atoms with Crippen LogP contribution in [0.1, 0.15) is 58.4 Å². The highest BCUT2D eigenvalue weighted by Crippen LogP contribution is 2.37. The Morgan fingerprint density at radius 1 is 1.32 bits per heavy atom. The average Bonchev–Trinajstić information content (AvgIpc) is 2.36. The highest BCUT2D eigenvalue weighted by molar-refractivity contribution is 6.74. The van der Waals surface area contributed by atoms with Crippen molar-refractivity contribution in [2.45, 2.75) is 71.0 Å². The zero-order valence-electron chi connectivity index (χ0n) is 14.8. The SMILES string of the molecule is CC(CCCC(=O)O)c1cccc(O[Si](C)(C)C(C)(C)C)c1. The Bertz CT molecular complexity index is 503. The maximum Gasteiger partial charge on any atom is 0.303 e. The molecule has 1 aromatic carbocycles. The molecule has 0 saturated carbocycles. The van der Waals surface area contributed by atoms with Crippen molar-refractivity contribution in [3.05, 3.63) is 29.8 Å². The molecule has 0 aromatic heterocycles. The van der Waals surface area contributed by atoms with Gasteiger partial charge in [-0.25, -0.2) is 0 Å². The predicted molar refractivity (Wildman–Crippen MR) is 94.2 cm³/mol. The summed E-state index contributed by atoms with van der Waals surface area (Å²) in [5.41, 5.74) is 1.22. The quantitative estimate of drug-likeness (QED) is 0.681. The smallest absolute Gasteiger partial charge is 0.303 e. The van der Waals surface area contributed by atoms with Gasteiger partial charge in [0.15, 0.2) is 0 Å². The molecule has 0 heterocycles. The first-order valence-corrected chi connectivity index (χ1v) is 10.9. The Balaban J connectivity index is 2.75. The zero-order valence-corrected chi connectivity index (χ0v) is 15.8. The summed E-state index contributed by atoms with van der Waals surface area (Å²) in [6.07, 6.45) is 1.84. The van der Waals surface area contributed by atoms with Crippen molar-refractivity contribution in [2.75, 3.05) is 0 Å². The van der Waals surface area contributed by atoms with E-state index in [2.05, 4.69) is 52.9 Å². The van der Waals surface area contributed by atoms with E-state index in [1.54, 1.807) is 0 Å². The number of aliphatic carboxylic acids is 1. The van der Waals surface area contributed by atoms with Gasteiger partial charge in [0.05, 0.1) is 0 Å². The minimum Gasteiger partial charge on any atom is -0.543 e. The normalized spacial score (nSPS) is 13.7. The topological polar surface area (TPSA) is 46.5 Å². The van der Waals surface area contributed by atoms with Crippen molar-refractivity contribution < 1.29 is 14.3 Å². The van der Waals surface area contributed by atoms with Crippen LogP contribution in [0.2, 0.25) is 18.1 Å². The largest absolute Gasteiger partial charge is 0.543 e. The summed E-state index contributed by atoms with van der Waals surface area (Å²) in [5.74, 6) is 0.568. The minimum absolute atomic E-state index is 0.177. The van der Waals surface area contributed by atoms with E-state index >= 15 is 0 Å². The van der Waals surface area contributed by atoms with Crippen molar-refractivity contribution in [3.63, 3.8) is 0 Å². The summed E-state index contributed by atoms with van der Waals surface area (Å²) in [5, 5.41) is 8.91. The standard InChI is InChI=1S/C18H30O3Si/c1-14(9-7-12-17(19)20)15-10-8-11-16(13-15)21-22(5,6)18(2,3)4/h8,10-11,13-14H,7,9,12H2,1-6H3,(H,19,20). The van der Waals surface area contributed by atoms with Gasteiger partial charge >= 0.3 is 5.97 Å². The molecular weight excluding hydrogens is 292 g/mol. The number of carboxylic acid groups (broad SMARTS) is 1. The van der Waals surface area contributed by atoms with Gasteiger partial charge in [-0.1, -0.05) is 39.8 Å². The fourth-order valence-corrected chi connectivity index (χ4v) is 3.08. The van der Waals surface area contributed by atoms with E-state index in [-0.39, 0.29) is 11.5 Å². The van der Waals surface area contributed by atoms with E-state index in [9.17, 15) is 4.79 Å². The predicted octanol–water partition coefficient (Wildman–Crippen LogP) is 5.43. The Kier molecular flexibility index (Phi) is 6.24. The van der Waals surface area contributed by atoms with Gasteiger partial charge in [-0.3, -0.25) is 4.79 Å². The highest BCUT2D eigenvalue weighted by atomic mass is 28.4. The molecule has 4 heteroatoms. The Labute approximate surface area is 135 Å². The number of rotatable bonds is 7. The summed E-state index contributed by atoms with van der Waals surface area (Å²) in [6.45, 7) is 13.3. The molecule has 0 fully saturated rings. The van der Waals surface area contributed by atoms with Gasteiger partial charge in [0, 0.05) is 6.42 Å². The van der Waals surface area contributed by atoms with Crippen molar-refractivity contribution in [1.82, 2.24) is 0 Å². The molecular formula is C18H30O3Si. The monoisotopic (exact) mass is 322 g/mol. The molecule has 124 valence electrons. The minimum atomic E-state index is -1.82. The zero-order chi connectivity index (χ0) is 17.0. The van der Waals surface area contributed by atoms with Gasteiger partial charge < -0.3 is 9.53 Å². The third-order valence-corrected chi connectivity index (χ3v) is 8.99. The van der Waals surface area contributed by atoms with Crippen molar-refractivity contribution in [2.24, 2.45) is 0 Å². The van der Waals surface area contributed by atoms with E-state index in [4.69, 9.17) is 9.53 Å². The number of benzene rings is 1. The van der Waals surface area contributed by atoms with E-state index in [1.807, 2.05) is 12.1 Å². The van der Waals surface area contributed by atoms with Crippen molar-refractivity contribution in [3.8, 4) is 5.75 Å². The summed E-state index contributed by atoms with van der Waals surface area (Å²) < 4.78 is 6.34. The number of carboxylic acids is 1. The molecule has 1 aromatic rings. The van der Waals surface area contributed by atoms with Crippen LogP contribution in [0, 0.1) is 0 Å². The van der Waals surface area contributed by atoms with Crippen LogP contribution in [0.4, 0.5) is 0 Å². The fraction of sp³-hybridized carbons (Fsp3) is 0.611. The van der Waals surface area contributed by atoms with Crippen LogP contribution < -0.4 is 4.43 Å². The lowest BCUT2D eigenvalue weighted by Gasteiger charge is -2.36. The van der Waals surface area contributed by atoms with Crippen LogP contribution >= 0.6 is 0 Å². The highest BCUT2D eigenvalue weighted by Gasteiger charge is 2.38. The van der Waals surface area contributed by atoms with E-state index in [0.29, 0.717) is 12.3 Å². The van der Waals surface area contributed by atoms with Gasteiger partial charge in [0.25, 0.3) is 0 Å². The summed E-state index contributed by atoms with van der Waals surface area (Å²) in [4.78, 5) is 10.6. The molecule has 0 aliphatic rings. The lowest BCUT2D eigenvalue weighted by molar-refractivity contribution is -0.137. The number of hydrogen-bond acceptors (Lipinski definition) is 2. The summed E-state index contributed by atoms with van der Waals surface area (Å²) in [7, 11) is -1.82. The van der Waals surface area contributed by atoms with Crippen LogP contribution in [0.25, 0.3) is 0 Å². The number of carbonyl (C=O) groups is 1. The third-order valence-electron chi connectivity index (χ3n) is 4.63. The van der Waals surface area contributed by atoms with E-state index < -0.39 is 14.3 Å². The Hall–Kier alpha value is -1.29. The van der Waals surface area contributed by atoms with Crippen molar-refractivity contribution in [1.29, 1.82) is 0 Å². The van der Waals surface area contributed by atoms with Crippen LogP contribution in [0.15, 0.2) is 24.3 Å². The molecule has 0 aliphatic heterocycles. The second-order valence-electron chi connectivity index (χ2n) is 7.62. The first-order valence-electron chi connectivity index (χ1n) is 8.04. The lowest BCUT2D eigenvalue weighted by atomic mass is 9.95. The molecule has 0 saturated heterocycles. The van der Waals surface area contributed by atoms with Crippen LogP contribution in [-0.2, 0) is 4.79 Å². The molecule has 1 atom stereocenters. The molecule has 22 heavy (non-hydrogen) atoms. The van der Waals surface area contributed by atoms with Gasteiger partial charge in [-0.15, -0.1) is 0 Å². The average molecular weight is 323 g/mol. The molecule has 1 rings (SSSR count). The van der Waals surface area contributed by atoms with Gasteiger partial charge in [-0.2, -0.15) is 0 Å². The van der Waals surface area contributed by atoms with Crippen LogP contribution in [0.3, 0.4) is 0 Å². The van der Waals surface area contributed by atoms with E-state index in [1.165, 1.54) is 5.56 Å². The van der Waals surface area contributed by atoms with Gasteiger partial charge in [0.1, 0.15) is 5.75 Å². The fourth-order valence-electron chi connectivity index (χ4n) is 2.06. The molecule has 1 N–H and O–H groups in total. The van der Waals surface area contributed by atoms with E-state index in [0.717, 1.165) is 12.2 Å². The first-order chi connectivity index (χ1) is 10.0. The first kappa shape index (κ1) is 18.8.